The number of hydrogen-bond donors (Lipinski definition) is 2. The molecule has 6 nitrogen and oxygen atoms in total. The first-order valence-electron chi connectivity index (χ1n) is 8.66. The summed E-state index contributed by atoms with van der Waals surface area (Å²) in [7, 11) is 0. The Bertz CT molecular complexity index is 890. The van der Waals surface area contributed by atoms with Crippen LogP contribution in [0, 0.1) is 6.92 Å². The highest BCUT2D eigenvalue weighted by Crippen LogP contribution is 2.29. The van der Waals surface area contributed by atoms with Crippen LogP contribution in [0.3, 0.4) is 0 Å². The molecule has 0 bridgehead atoms. The SMILES string of the molecule is Cc1nc2ccccc2n1CCNC(=O)Nc1nc2c(s1)CCCC2. The lowest BCUT2D eigenvalue weighted by atomic mass is 10.0. The maximum Gasteiger partial charge on any atom is 0.321 e. The van der Waals surface area contributed by atoms with Crippen molar-refractivity contribution in [3.63, 3.8) is 0 Å². The van der Waals surface area contributed by atoms with Crippen molar-refractivity contribution < 1.29 is 4.79 Å². The van der Waals surface area contributed by atoms with Crippen LogP contribution >= 0.6 is 11.3 Å². The zero-order valence-electron chi connectivity index (χ0n) is 14.2. The lowest BCUT2D eigenvalue weighted by Gasteiger charge is -2.08. The highest BCUT2D eigenvalue weighted by Gasteiger charge is 2.16. The molecule has 0 aliphatic heterocycles. The Labute approximate surface area is 150 Å². The van der Waals surface area contributed by atoms with Crippen molar-refractivity contribution in [2.75, 3.05) is 11.9 Å². The first-order valence-corrected chi connectivity index (χ1v) is 9.47. The number of hydrogen-bond acceptors (Lipinski definition) is 4. The number of para-hydroxylation sites is 2. The van der Waals surface area contributed by atoms with Gasteiger partial charge < -0.3 is 9.88 Å². The molecule has 0 atom stereocenters. The second kappa shape index (κ2) is 6.84. The lowest BCUT2D eigenvalue weighted by molar-refractivity contribution is 0.251. The van der Waals surface area contributed by atoms with Crippen LogP contribution in [0.1, 0.15) is 29.2 Å². The van der Waals surface area contributed by atoms with Crippen LogP contribution in [0.5, 0.6) is 0 Å². The molecule has 2 heterocycles. The van der Waals surface area contributed by atoms with Crippen molar-refractivity contribution in [1.29, 1.82) is 0 Å². The van der Waals surface area contributed by atoms with E-state index in [-0.39, 0.29) is 6.03 Å². The largest absolute Gasteiger partial charge is 0.336 e. The quantitative estimate of drug-likeness (QED) is 0.752. The second-order valence-electron chi connectivity index (χ2n) is 6.28. The van der Waals surface area contributed by atoms with E-state index < -0.39 is 0 Å². The van der Waals surface area contributed by atoms with E-state index in [0.29, 0.717) is 18.2 Å². The van der Waals surface area contributed by atoms with Crippen molar-refractivity contribution in [2.24, 2.45) is 0 Å². The Morgan fingerprint density at radius 3 is 2.96 bits per heavy atom. The molecule has 1 aliphatic rings. The molecule has 0 spiro atoms. The third-order valence-corrected chi connectivity index (χ3v) is 5.61. The van der Waals surface area contributed by atoms with Gasteiger partial charge in [-0.2, -0.15) is 0 Å². The van der Waals surface area contributed by atoms with Crippen LogP contribution in [-0.2, 0) is 19.4 Å². The highest BCUT2D eigenvalue weighted by atomic mass is 32.1. The summed E-state index contributed by atoms with van der Waals surface area (Å²) < 4.78 is 2.12. The van der Waals surface area contributed by atoms with Gasteiger partial charge in [0.1, 0.15) is 5.82 Å². The van der Waals surface area contributed by atoms with E-state index >= 15 is 0 Å². The molecule has 25 heavy (non-hydrogen) atoms. The predicted molar refractivity (Wildman–Crippen MR) is 100 cm³/mol. The fourth-order valence-corrected chi connectivity index (χ4v) is 4.35. The van der Waals surface area contributed by atoms with Gasteiger partial charge in [-0.15, -0.1) is 11.3 Å². The van der Waals surface area contributed by atoms with E-state index in [0.717, 1.165) is 35.4 Å². The zero-order chi connectivity index (χ0) is 17.2. The smallest absolute Gasteiger partial charge is 0.321 e. The topological polar surface area (TPSA) is 71.8 Å². The van der Waals surface area contributed by atoms with Crippen molar-refractivity contribution in [2.45, 2.75) is 39.2 Å². The third-order valence-electron chi connectivity index (χ3n) is 4.53. The van der Waals surface area contributed by atoms with Gasteiger partial charge in [0.15, 0.2) is 5.13 Å². The Morgan fingerprint density at radius 1 is 1.24 bits per heavy atom. The van der Waals surface area contributed by atoms with Gasteiger partial charge in [0, 0.05) is 18.0 Å². The van der Waals surface area contributed by atoms with E-state index in [9.17, 15) is 4.79 Å². The molecule has 2 aromatic heterocycles. The van der Waals surface area contributed by atoms with Gasteiger partial charge in [-0.05, 0) is 44.7 Å². The lowest BCUT2D eigenvalue weighted by Crippen LogP contribution is -2.31. The maximum atomic E-state index is 12.1. The number of aryl methyl sites for hydroxylation is 3. The Balaban J connectivity index is 1.34. The number of anilines is 1. The molecule has 1 aromatic carbocycles. The second-order valence-corrected chi connectivity index (χ2v) is 7.36. The van der Waals surface area contributed by atoms with E-state index in [1.165, 1.54) is 17.7 Å². The molecule has 3 aromatic rings. The first-order chi connectivity index (χ1) is 12.2. The Hall–Kier alpha value is -2.41. The number of rotatable bonds is 4. The molecule has 0 unspecified atom stereocenters. The number of urea groups is 1. The highest BCUT2D eigenvalue weighted by molar-refractivity contribution is 7.15. The van der Waals surface area contributed by atoms with Gasteiger partial charge in [0.05, 0.1) is 16.7 Å². The number of fused-ring (bicyclic) bond motifs is 2. The van der Waals surface area contributed by atoms with Crippen LogP contribution in [-0.4, -0.2) is 27.1 Å². The summed E-state index contributed by atoms with van der Waals surface area (Å²) in [5.41, 5.74) is 3.24. The number of benzene rings is 1. The number of aromatic nitrogens is 3. The molecule has 0 saturated carbocycles. The minimum Gasteiger partial charge on any atom is -0.336 e. The number of thiazole rings is 1. The van der Waals surface area contributed by atoms with Crippen molar-refractivity contribution in [3.8, 4) is 0 Å². The summed E-state index contributed by atoms with van der Waals surface area (Å²) in [5, 5.41) is 6.48. The normalized spacial score (nSPS) is 13.6. The van der Waals surface area contributed by atoms with E-state index in [1.54, 1.807) is 11.3 Å². The minimum absolute atomic E-state index is 0.201. The van der Waals surface area contributed by atoms with Gasteiger partial charge in [-0.3, -0.25) is 5.32 Å². The molecule has 4 rings (SSSR count). The monoisotopic (exact) mass is 355 g/mol. The van der Waals surface area contributed by atoms with Gasteiger partial charge in [0.2, 0.25) is 0 Å². The van der Waals surface area contributed by atoms with Gasteiger partial charge in [-0.25, -0.2) is 14.8 Å². The summed E-state index contributed by atoms with van der Waals surface area (Å²) >= 11 is 1.60. The summed E-state index contributed by atoms with van der Waals surface area (Å²) in [4.78, 5) is 22.5. The Kier molecular flexibility index (Phi) is 4.40. The fourth-order valence-electron chi connectivity index (χ4n) is 3.31. The molecule has 0 radical (unpaired) electrons. The van der Waals surface area contributed by atoms with Crippen LogP contribution in [0.25, 0.3) is 11.0 Å². The molecular formula is C18H21N5OS. The molecule has 1 aliphatic carbocycles. The van der Waals surface area contributed by atoms with Crippen LogP contribution in [0.4, 0.5) is 9.93 Å². The molecule has 0 fully saturated rings. The molecule has 0 saturated heterocycles. The number of amides is 2. The maximum absolute atomic E-state index is 12.1. The number of carbonyl (C=O) groups is 1. The number of imidazole rings is 1. The standard InChI is InChI=1S/C18H21N5OS/c1-12-20-13-6-2-4-8-15(13)23(12)11-10-19-17(24)22-18-21-14-7-3-5-9-16(14)25-18/h2,4,6,8H,3,5,7,9-11H2,1H3,(H2,19,21,22,24). The molecule has 7 heteroatoms. The van der Waals surface area contributed by atoms with Gasteiger partial charge >= 0.3 is 6.03 Å². The number of carbonyl (C=O) groups excluding carboxylic acids is 1. The summed E-state index contributed by atoms with van der Waals surface area (Å²) in [6, 6.07) is 7.84. The molecule has 2 N–H and O–H groups in total. The van der Waals surface area contributed by atoms with Crippen molar-refractivity contribution >= 4 is 33.5 Å². The summed E-state index contributed by atoms with van der Waals surface area (Å²) in [6.07, 6.45) is 4.53. The minimum atomic E-state index is -0.201. The number of nitrogens with one attached hydrogen (secondary N) is 2. The van der Waals surface area contributed by atoms with E-state index in [2.05, 4.69) is 31.2 Å². The number of nitrogens with zero attached hydrogens (tertiary/aromatic N) is 3. The van der Waals surface area contributed by atoms with Crippen molar-refractivity contribution in [1.82, 2.24) is 19.9 Å². The molecule has 2 amide bonds. The summed E-state index contributed by atoms with van der Waals surface area (Å²) in [5.74, 6) is 0.955. The molecular weight excluding hydrogens is 334 g/mol. The Morgan fingerprint density at radius 2 is 2.08 bits per heavy atom. The van der Waals surface area contributed by atoms with Crippen LogP contribution < -0.4 is 10.6 Å². The molecule has 130 valence electrons. The average molecular weight is 355 g/mol. The van der Waals surface area contributed by atoms with Crippen LogP contribution in [0.15, 0.2) is 24.3 Å². The first kappa shape index (κ1) is 16.1. The zero-order valence-corrected chi connectivity index (χ0v) is 15.0. The fraction of sp³-hybridized carbons (Fsp3) is 0.389. The van der Waals surface area contributed by atoms with Crippen molar-refractivity contribution in [3.05, 3.63) is 40.7 Å². The van der Waals surface area contributed by atoms with E-state index in [4.69, 9.17) is 0 Å². The third kappa shape index (κ3) is 3.37. The summed E-state index contributed by atoms with van der Waals surface area (Å²) in [6.45, 7) is 3.21. The van der Waals surface area contributed by atoms with Gasteiger partial charge in [-0.1, -0.05) is 12.1 Å². The average Bonchev–Trinajstić information content (AvgIpc) is 3.15. The van der Waals surface area contributed by atoms with E-state index in [1.807, 2.05) is 25.1 Å². The predicted octanol–water partition coefficient (Wildman–Crippen LogP) is 3.50. The van der Waals surface area contributed by atoms with Gasteiger partial charge in [0.25, 0.3) is 0 Å². The van der Waals surface area contributed by atoms with Crippen LogP contribution in [0.2, 0.25) is 0 Å².